The van der Waals surface area contributed by atoms with Crippen LogP contribution in [0.2, 0.25) is 0 Å². The fourth-order valence-electron chi connectivity index (χ4n) is 3.85. The van der Waals surface area contributed by atoms with E-state index in [0.29, 0.717) is 24.5 Å². The van der Waals surface area contributed by atoms with Gasteiger partial charge in [-0.3, -0.25) is 14.7 Å². The van der Waals surface area contributed by atoms with E-state index in [9.17, 15) is 9.18 Å². The van der Waals surface area contributed by atoms with Crippen molar-refractivity contribution in [1.29, 1.82) is 0 Å². The van der Waals surface area contributed by atoms with Crippen LogP contribution in [0, 0.1) is 12.7 Å². The minimum absolute atomic E-state index is 0.134. The highest BCUT2D eigenvalue weighted by molar-refractivity contribution is 5.78. The molecule has 1 saturated heterocycles. The van der Waals surface area contributed by atoms with Crippen molar-refractivity contribution in [2.45, 2.75) is 19.9 Å². The number of nitrogens with one attached hydrogen (secondary N) is 1. The molecule has 4 rings (SSSR count). The van der Waals surface area contributed by atoms with E-state index in [1.165, 1.54) is 6.07 Å². The molecule has 0 aliphatic carbocycles. The lowest BCUT2D eigenvalue weighted by Crippen LogP contribution is -2.45. The fraction of sp³-hybridized carbons (Fsp3) is 0.385. The number of carbonyl (C=O) groups is 1. The first-order valence-corrected chi connectivity index (χ1v) is 11.8. The summed E-state index contributed by atoms with van der Waals surface area (Å²) in [6.07, 6.45) is 3.23. The lowest BCUT2D eigenvalue weighted by molar-refractivity contribution is -0.120. The maximum atomic E-state index is 14.7. The van der Waals surface area contributed by atoms with Gasteiger partial charge in [0, 0.05) is 56.9 Å². The molecule has 9 heteroatoms. The van der Waals surface area contributed by atoms with Crippen LogP contribution in [0.5, 0.6) is 5.75 Å². The molecular formula is C26H31FN6O2. The molecule has 8 nitrogen and oxygen atoms in total. The number of hydrogen-bond donors (Lipinski definition) is 1. The average Bonchev–Trinajstić information content (AvgIpc) is 2.85. The number of carbonyl (C=O) groups excluding carboxylic acids is 1. The second-order valence-electron chi connectivity index (χ2n) is 8.77. The van der Waals surface area contributed by atoms with E-state index in [4.69, 9.17) is 4.74 Å². The van der Waals surface area contributed by atoms with Crippen LogP contribution in [-0.2, 0) is 17.8 Å². The van der Waals surface area contributed by atoms with Gasteiger partial charge in [0.2, 0.25) is 5.91 Å². The second kappa shape index (κ2) is 11.8. The van der Waals surface area contributed by atoms with Crippen LogP contribution in [0.3, 0.4) is 0 Å². The third-order valence-electron chi connectivity index (χ3n) is 5.94. The average molecular weight is 479 g/mol. The quantitative estimate of drug-likeness (QED) is 0.506. The van der Waals surface area contributed by atoms with Gasteiger partial charge < -0.3 is 15.0 Å². The SMILES string of the molecule is Cc1cccc(CNC(=O)Cc2cnc(-c3ccc(OCCN4CCN(C)CC4)cc3F)nc2)n1. The zero-order valence-electron chi connectivity index (χ0n) is 20.2. The van der Waals surface area contributed by atoms with Gasteiger partial charge in [-0.2, -0.15) is 0 Å². The lowest BCUT2D eigenvalue weighted by atomic mass is 10.1. The predicted octanol–water partition coefficient (Wildman–Crippen LogP) is 2.47. The molecule has 0 bridgehead atoms. The van der Waals surface area contributed by atoms with Gasteiger partial charge in [0.05, 0.1) is 24.2 Å². The zero-order valence-corrected chi connectivity index (χ0v) is 20.2. The van der Waals surface area contributed by atoms with Gasteiger partial charge in [0.15, 0.2) is 5.82 Å². The smallest absolute Gasteiger partial charge is 0.224 e. The Hall–Kier alpha value is -3.43. The van der Waals surface area contributed by atoms with Gasteiger partial charge in [-0.15, -0.1) is 0 Å². The van der Waals surface area contributed by atoms with Gasteiger partial charge in [0.25, 0.3) is 0 Å². The van der Waals surface area contributed by atoms with E-state index in [1.807, 2.05) is 25.1 Å². The highest BCUT2D eigenvalue weighted by atomic mass is 19.1. The summed E-state index contributed by atoms with van der Waals surface area (Å²) < 4.78 is 20.5. The number of rotatable bonds is 9. The van der Waals surface area contributed by atoms with Crippen molar-refractivity contribution in [2.24, 2.45) is 0 Å². The topological polar surface area (TPSA) is 83.5 Å². The predicted molar refractivity (Wildman–Crippen MR) is 131 cm³/mol. The first kappa shape index (κ1) is 24.7. The van der Waals surface area contributed by atoms with Crippen LogP contribution in [0.15, 0.2) is 48.8 Å². The Kier molecular flexibility index (Phi) is 8.33. The van der Waals surface area contributed by atoms with Crippen LogP contribution >= 0.6 is 0 Å². The monoisotopic (exact) mass is 478 g/mol. The Labute approximate surface area is 205 Å². The summed E-state index contributed by atoms with van der Waals surface area (Å²) >= 11 is 0. The number of benzene rings is 1. The highest BCUT2D eigenvalue weighted by Crippen LogP contribution is 2.23. The normalized spacial score (nSPS) is 14.6. The van der Waals surface area contributed by atoms with Crippen molar-refractivity contribution in [1.82, 2.24) is 30.1 Å². The van der Waals surface area contributed by atoms with Gasteiger partial charge in [-0.25, -0.2) is 14.4 Å². The number of nitrogens with zero attached hydrogens (tertiary/aromatic N) is 5. The van der Waals surface area contributed by atoms with Gasteiger partial charge in [0.1, 0.15) is 18.2 Å². The van der Waals surface area contributed by atoms with Crippen LogP contribution in [0.1, 0.15) is 17.0 Å². The summed E-state index contributed by atoms with van der Waals surface area (Å²) in [5, 5.41) is 2.84. The molecule has 3 aromatic rings. The number of piperazine rings is 1. The summed E-state index contributed by atoms with van der Waals surface area (Å²) in [4.78, 5) is 29.8. The summed E-state index contributed by atoms with van der Waals surface area (Å²) in [5.74, 6) is 0.142. The molecule has 0 atom stereocenters. The first-order chi connectivity index (χ1) is 17.0. The number of amides is 1. The van der Waals surface area contributed by atoms with Crippen LogP contribution in [-0.4, -0.2) is 77.0 Å². The van der Waals surface area contributed by atoms with Crippen LogP contribution < -0.4 is 10.1 Å². The van der Waals surface area contributed by atoms with Gasteiger partial charge in [-0.05, 0) is 43.8 Å². The molecule has 35 heavy (non-hydrogen) atoms. The molecule has 0 spiro atoms. The van der Waals surface area contributed by atoms with Crippen molar-refractivity contribution in [3.8, 4) is 17.1 Å². The third kappa shape index (κ3) is 7.27. The molecule has 1 N–H and O–H groups in total. The molecule has 3 heterocycles. The Morgan fingerprint density at radius 2 is 1.89 bits per heavy atom. The van der Waals surface area contributed by atoms with E-state index < -0.39 is 5.82 Å². The standard InChI is InChI=1S/C26H31FN6O2/c1-19-4-3-5-21(31-19)18-28-25(34)14-20-16-29-26(30-17-20)23-7-6-22(15-24(23)27)35-13-12-33-10-8-32(2)9-11-33/h3-7,15-17H,8-14,18H2,1-2H3,(H,28,34). The minimum Gasteiger partial charge on any atom is -0.492 e. The molecule has 184 valence electrons. The Morgan fingerprint density at radius 1 is 1.11 bits per heavy atom. The van der Waals surface area contributed by atoms with Crippen molar-refractivity contribution < 1.29 is 13.9 Å². The van der Waals surface area contributed by atoms with Crippen molar-refractivity contribution in [3.63, 3.8) is 0 Å². The molecule has 1 amide bonds. The second-order valence-corrected chi connectivity index (χ2v) is 8.77. The van der Waals surface area contributed by atoms with Gasteiger partial charge in [-0.1, -0.05) is 6.07 Å². The maximum absolute atomic E-state index is 14.7. The van der Waals surface area contributed by atoms with Crippen molar-refractivity contribution in [3.05, 3.63) is 71.6 Å². The van der Waals surface area contributed by atoms with Crippen molar-refractivity contribution >= 4 is 5.91 Å². The number of aryl methyl sites for hydroxylation is 1. The van der Waals surface area contributed by atoms with E-state index in [-0.39, 0.29) is 23.7 Å². The largest absolute Gasteiger partial charge is 0.492 e. The molecule has 0 saturated carbocycles. The maximum Gasteiger partial charge on any atom is 0.224 e. The minimum atomic E-state index is -0.446. The molecule has 1 fully saturated rings. The van der Waals surface area contributed by atoms with E-state index >= 15 is 0 Å². The summed E-state index contributed by atoms with van der Waals surface area (Å²) in [6.45, 7) is 7.73. The number of hydrogen-bond acceptors (Lipinski definition) is 7. The number of aromatic nitrogens is 3. The lowest BCUT2D eigenvalue weighted by Gasteiger charge is -2.32. The molecule has 1 aliphatic rings. The molecule has 2 aromatic heterocycles. The van der Waals surface area contributed by atoms with Gasteiger partial charge >= 0.3 is 0 Å². The van der Waals surface area contributed by atoms with E-state index in [2.05, 4.69) is 37.1 Å². The van der Waals surface area contributed by atoms with Crippen LogP contribution in [0.25, 0.3) is 11.4 Å². The van der Waals surface area contributed by atoms with Crippen LogP contribution in [0.4, 0.5) is 4.39 Å². The first-order valence-electron chi connectivity index (χ1n) is 11.8. The van der Waals surface area contributed by atoms with Crippen molar-refractivity contribution in [2.75, 3.05) is 46.4 Å². The molecule has 1 aliphatic heterocycles. The molecule has 1 aromatic carbocycles. The Bertz CT molecular complexity index is 1130. The highest BCUT2D eigenvalue weighted by Gasteiger charge is 2.14. The van der Waals surface area contributed by atoms with E-state index in [0.717, 1.165) is 44.1 Å². The Morgan fingerprint density at radius 3 is 2.60 bits per heavy atom. The number of likely N-dealkylation sites (N-methyl/N-ethyl adjacent to an activating group) is 1. The summed E-state index contributed by atoms with van der Waals surface area (Å²) in [5.41, 5.74) is 2.64. The summed E-state index contributed by atoms with van der Waals surface area (Å²) in [6, 6.07) is 10.4. The Balaban J connectivity index is 1.26. The molecule has 0 radical (unpaired) electrons. The number of ether oxygens (including phenoxy) is 1. The van der Waals surface area contributed by atoms with E-state index in [1.54, 1.807) is 24.5 Å². The third-order valence-corrected chi connectivity index (χ3v) is 5.94. The fourth-order valence-corrected chi connectivity index (χ4v) is 3.85. The molecular weight excluding hydrogens is 447 g/mol. The molecule has 0 unspecified atom stereocenters. The number of halogens is 1. The summed E-state index contributed by atoms with van der Waals surface area (Å²) in [7, 11) is 2.12. The number of pyridine rings is 1. The zero-order chi connectivity index (χ0) is 24.6.